The van der Waals surface area contributed by atoms with Crippen molar-refractivity contribution in [2.45, 2.75) is 37.6 Å². The van der Waals surface area contributed by atoms with E-state index in [-0.39, 0.29) is 16.7 Å². The van der Waals surface area contributed by atoms with Crippen LogP contribution in [-0.2, 0) is 10.0 Å². The molecule has 5 heteroatoms. The molecule has 4 nitrogen and oxygen atoms in total. The first-order valence-corrected chi connectivity index (χ1v) is 9.21. The molecule has 0 bridgehead atoms. The van der Waals surface area contributed by atoms with Crippen LogP contribution in [0.25, 0.3) is 0 Å². The van der Waals surface area contributed by atoms with Gasteiger partial charge in [0.1, 0.15) is 5.75 Å². The van der Waals surface area contributed by atoms with Gasteiger partial charge in [0.15, 0.2) is 0 Å². The highest BCUT2D eigenvalue weighted by molar-refractivity contribution is 7.89. The maximum absolute atomic E-state index is 13.0. The van der Waals surface area contributed by atoms with Gasteiger partial charge in [0, 0.05) is 12.6 Å². The Balaban J connectivity index is 1.99. The second-order valence-corrected chi connectivity index (χ2v) is 8.03. The fourth-order valence-corrected chi connectivity index (χ4v) is 4.83. The normalized spacial score (nSPS) is 19.1. The number of phenols is 1. The molecule has 0 radical (unpaired) electrons. The van der Waals surface area contributed by atoms with Gasteiger partial charge in [-0.1, -0.05) is 35.9 Å². The van der Waals surface area contributed by atoms with Crippen molar-refractivity contribution in [2.24, 2.45) is 0 Å². The summed E-state index contributed by atoms with van der Waals surface area (Å²) in [5.41, 5.74) is 2.82. The van der Waals surface area contributed by atoms with Crippen LogP contribution in [-0.4, -0.2) is 24.4 Å². The predicted molar refractivity (Wildman–Crippen MR) is 89.9 cm³/mol. The Morgan fingerprint density at radius 1 is 1.13 bits per heavy atom. The van der Waals surface area contributed by atoms with Gasteiger partial charge >= 0.3 is 0 Å². The van der Waals surface area contributed by atoms with Crippen molar-refractivity contribution in [2.75, 3.05) is 6.54 Å². The van der Waals surface area contributed by atoms with Gasteiger partial charge < -0.3 is 5.11 Å². The first-order valence-electron chi connectivity index (χ1n) is 7.77. The van der Waals surface area contributed by atoms with Gasteiger partial charge in [0.05, 0.1) is 10.9 Å². The minimum atomic E-state index is -3.61. The third kappa shape index (κ3) is 2.99. The number of benzene rings is 2. The Bertz CT molecular complexity index is 830. The molecule has 0 aliphatic carbocycles. The molecular formula is C18H21NO3S. The van der Waals surface area contributed by atoms with E-state index >= 15 is 0 Å². The van der Waals surface area contributed by atoms with Crippen LogP contribution in [0.2, 0.25) is 0 Å². The number of nitrogens with zero attached hydrogens (tertiary/aromatic N) is 1. The molecule has 2 aromatic rings. The maximum Gasteiger partial charge on any atom is 0.243 e. The molecular weight excluding hydrogens is 310 g/mol. The SMILES string of the molecule is Cc1cccc(C2CCCN2S(=O)(=O)c2ccc(C)c(O)c2)c1. The lowest BCUT2D eigenvalue weighted by Crippen LogP contribution is -2.30. The monoisotopic (exact) mass is 331 g/mol. The van der Waals surface area contributed by atoms with Gasteiger partial charge in [-0.3, -0.25) is 0 Å². The Hall–Kier alpha value is -1.85. The highest BCUT2D eigenvalue weighted by Crippen LogP contribution is 2.37. The second-order valence-electron chi connectivity index (χ2n) is 6.14. The van der Waals surface area contributed by atoms with Gasteiger partial charge in [-0.15, -0.1) is 0 Å². The van der Waals surface area contributed by atoms with Crippen molar-refractivity contribution >= 4 is 10.0 Å². The lowest BCUT2D eigenvalue weighted by atomic mass is 10.0. The summed E-state index contributed by atoms with van der Waals surface area (Å²) >= 11 is 0. The first-order chi connectivity index (χ1) is 10.9. The molecule has 1 aliphatic heterocycles. The third-order valence-corrected chi connectivity index (χ3v) is 6.32. The zero-order valence-corrected chi connectivity index (χ0v) is 14.2. The van der Waals surface area contributed by atoms with Crippen molar-refractivity contribution in [3.63, 3.8) is 0 Å². The molecule has 0 aromatic heterocycles. The molecule has 0 amide bonds. The molecule has 1 fully saturated rings. The van der Waals surface area contributed by atoms with E-state index in [1.165, 1.54) is 6.07 Å². The number of aryl methyl sites for hydroxylation is 2. The molecule has 1 aliphatic rings. The molecule has 0 saturated carbocycles. The average molecular weight is 331 g/mol. The summed E-state index contributed by atoms with van der Waals surface area (Å²) in [7, 11) is -3.61. The largest absolute Gasteiger partial charge is 0.508 e. The van der Waals surface area contributed by atoms with E-state index in [1.54, 1.807) is 23.4 Å². The summed E-state index contributed by atoms with van der Waals surface area (Å²) in [6.45, 7) is 4.27. The molecule has 1 saturated heterocycles. The van der Waals surface area contributed by atoms with E-state index in [1.807, 2.05) is 31.2 Å². The number of phenolic OH excluding ortho intramolecular Hbond substituents is 1. The molecule has 23 heavy (non-hydrogen) atoms. The lowest BCUT2D eigenvalue weighted by molar-refractivity contribution is 0.396. The van der Waals surface area contributed by atoms with Crippen LogP contribution in [0.5, 0.6) is 5.75 Å². The van der Waals surface area contributed by atoms with Crippen molar-refractivity contribution in [3.05, 3.63) is 59.2 Å². The van der Waals surface area contributed by atoms with Crippen LogP contribution in [0.3, 0.4) is 0 Å². The summed E-state index contributed by atoms with van der Waals surface area (Å²) < 4.78 is 27.5. The summed E-state index contributed by atoms with van der Waals surface area (Å²) in [5, 5.41) is 9.84. The zero-order chi connectivity index (χ0) is 16.6. The standard InChI is InChI=1S/C18H21NO3S/c1-13-5-3-6-15(11-13)17-7-4-10-19(17)23(21,22)16-9-8-14(2)18(20)12-16/h3,5-6,8-9,11-12,17,20H,4,7,10H2,1-2H3. The molecule has 3 rings (SSSR count). The first kappa shape index (κ1) is 16.0. The Kier molecular flexibility index (Phi) is 4.17. The Labute approximate surface area is 137 Å². The molecule has 1 N–H and O–H groups in total. The van der Waals surface area contributed by atoms with E-state index < -0.39 is 10.0 Å². The number of sulfonamides is 1. The fourth-order valence-electron chi connectivity index (χ4n) is 3.12. The predicted octanol–water partition coefficient (Wildman–Crippen LogP) is 3.53. The zero-order valence-electron chi connectivity index (χ0n) is 13.4. The Morgan fingerprint density at radius 2 is 1.91 bits per heavy atom. The van der Waals surface area contributed by atoms with Crippen LogP contribution in [0.4, 0.5) is 0 Å². The topological polar surface area (TPSA) is 57.6 Å². The fraction of sp³-hybridized carbons (Fsp3) is 0.333. The summed E-state index contributed by atoms with van der Waals surface area (Å²) in [5.74, 6) is 0.0115. The number of hydrogen-bond acceptors (Lipinski definition) is 3. The van der Waals surface area contributed by atoms with Crippen LogP contribution < -0.4 is 0 Å². The summed E-state index contributed by atoms with van der Waals surface area (Å²) in [6, 6.07) is 12.4. The summed E-state index contributed by atoms with van der Waals surface area (Å²) in [6.07, 6.45) is 1.66. The van der Waals surface area contributed by atoms with Crippen molar-refractivity contribution in [3.8, 4) is 5.75 Å². The van der Waals surface area contributed by atoms with E-state index in [0.717, 1.165) is 24.0 Å². The van der Waals surface area contributed by atoms with E-state index in [4.69, 9.17) is 0 Å². The molecule has 2 aromatic carbocycles. The van der Waals surface area contributed by atoms with Crippen LogP contribution in [0.1, 0.15) is 35.6 Å². The van der Waals surface area contributed by atoms with Crippen molar-refractivity contribution in [1.29, 1.82) is 0 Å². The number of rotatable bonds is 3. The molecule has 1 heterocycles. The highest BCUT2D eigenvalue weighted by atomic mass is 32.2. The van der Waals surface area contributed by atoms with Crippen LogP contribution in [0, 0.1) is 13.8 Å². The molecule has 1 unspecified atom stereocenters. The minimum absolute atomic E-state index is 0.0115. The molecule has 0 spiro atoms. The quantitative estimate of drug-likeness (QED) is 0.936. The van der Waals surface area contributed by atoms with Crippen molar-refractivity contribution < 1.29 is 13.5 Å². The number of aromatic hydroxyl groups is 1. The van der Waals surface area contributed by atoms with Crippen LogP contribution >= 0.6 is 0 Å². The average Bonchev–Trinajstić information content (AvgIpc) is 3.00. The minimum Gasteiger partial charge on any atom is -0.508 e. The number of hydrogen-bond donors (Lipinski definition) is 1. The van der Waals surface area contributed by atoms with Gasteiger partial charge in [-0.2, -0.15) is 4.31 Å². The lowest BCUT2D eigenvalue weighted by Gasteiger charge is -2.25. The van der Waals surface area contributed by atoms with Gasteiger partial charge in [0.2, 0.25) is 10.0 Å². The van der Waals surface area contributed by atoms with Crippen molar-refractivity contribution in [1.82, 2.24) is 4.31 Å². The Morgan fingerprint density at radius 3 is 2.61 bits per heavy atom. The summed E-state index contributed by atoms with van der Waals surface area (Å²) in [4.78, 5) is 0.153. The van der Waals surface area contributed by atoms with E-state index in [9.17, 15) is 13.5 Å². The van der Waals surface area contributed by atoms with Crippen LogP contribution in [0.15, 0.2) is 47.4 Å². The van der Waals surface area contributed by atoms with Gasteiger partial charge in [0.25, 0.3) is 0 Å². The third-order valence-electron chi connectivity index (χ3n) is 4.42. The van der Waals surface area contributed by atoms with E-state index in [2.05, 4.69) is 0 Å². The molecule has 122 valence electrons. The maximum atomic E-state index is 13.0. The second kappa shape index (κ2) is 5.98. The van der Waals surface area contributed by atoms with Gasteiger partial charge in [-0.05, 0) is 43.9 Å². The highest BCUT2D eigenvalue weighted by Gasteiger charge is 2.36. The smallest absolute Gasteiger partial charge is 0.243 e. The van der Waals surface area contributed by atoms with E-state index in [0.29, 0.717) is 12.1 Å². The van der Waals surface area contributed by atoms with Gasteiger partial charge in [-0.25, -0.2) is 8.42 Å². The molecule has 1 atom stereocenters.